The molecule has 0 saturated heterocycles. The Balaban J connectivity index is 1.67. The summed E-state index contributed by atoms with van der Waals surface area (Å²) in [6, 6.07) is 20.2. The van der Waals surface area contributed by atoms with Crippen LogP contribution in [0.25, 0.3) is 33.2 Å². The molecule has 2 heterocycles. The van der Waals surface area contributed by atoms with E-state index in [4.69, 9.17) is 0 Å². The average molecular weight is 380 g/mol. The Morgan fingerprint density at radius 3 is 2.59 bits per heavy atom. The maximum Gasteiger partial charge on any atom is 0.220 e. The van der Waals surface area contributed by atoms with Crippen LogP contribution in [0.5, 0.6) is 0 Å². The van der Waals surface area contributed by atoms with Crippen LogP contribution in [0.15, 0.2) is 73.2 Å². The van der Waals surface area contributed by atoms with Crippen molar-refractivity contribution in [3.05, 3.63) is 84.3 Å². The highest BCUT2D eigenvalue weighted by atomic mass is 14.9. The van der Waals surface area contributed by atoms with Crippen LogP contribution in [0, 0.1) is 6.92 Å². The lowest BCUT2D eigenvalue weighted by molar-refractivity contribution is -0.659. The summed E-state index contributed by atoms with van der Waals surface area (Å²) >= 11 is 0. The van der Waals surface area contributed by atoms with Gasteiger partial charge in [0.05, 0.1) is 5.39 Å². The second-order valence-corrected chi connectivity index (χ2v) is 8.37. The first-order chi connectivity index (χ1) is 14.2. The zero-order valence-electron chi connectivity index (χ0n) is 17.2. The van der Waals surface area contributed by atoms with Crippen molar-refractivity contribution in [3.63, 3.8) is 0 Å². The Kier molecular flexibility index (Phi) is 4.63. The number of hydrogen-bond acceptors (Lipinski definition) is 1. The lowest BCUT2D eigenvalue weighted by atomic mass is 9.91. The topological polar surface area (TPSA) is 16.8 Å². The largest absolute Gasteiger partial charge is 0.264 e. The van der Waals surface area contributed by atoms with Gasteiger partial charge in [-0.3, -0.25) is 4.98 Å². The smallest absolute Gasteiger partial charge is 0.220 e. The molecule has 0 atom stereocenters. The summed E-state index contributed by atoms with van der Waals surface area (Å²) in [6.07, 6.45) is 11.3. The van der Waals surface area contributed by atoms with Crippen LogP contribution < -0.4 is 4.57 Å². The summed E-state index contributed by atoms with van der Waals surface area (Å²) < 4.78 is 2.27. The molecule has 1 aliphatic rings. The van der Waals surface area contributed by atoms with Crippen LogP contribution in [0.2, 0.25) is 0 Å². The minimum atomic E-state index is 0.729. The molecule has 0 spiro atoms. The zero-order valence-corrected chi connectivity index (χ0v) is 17.2. The minimum absolute atomic E-state index is 0.729. The zero-order chi connectivity index (χ0) is 19.8. The summed E-state index contributed by atoms with van der Waals surface area (Å²) in [7, 11) is 2.16. The molecule has 4 aromatic rings. The van der Waals surface area contributed by atoms with E-state index in [1.807, 2.05) is 18.5 Å². The molecule has 29 heavy (non-hydrogen) atoms. The molecule has 1 aliphatic carbocycles. The Bertz CT molecular complexity index is 1170. The van der Waals surface area contributed by atoms with Crippen molar-refractivity contribution in [1.82, 2.24) is 4.98 Å². The van der Waals surface area contributed by atoms with E-state index in [1.165, 1.54) is 64.4 Å². The molecule has 0 aliphatic heterocycles. The quantitative estimate of drug-likeness (QED) is 0.379. The number of pyridine rings is 2. The summed E-state index contributed by atoms with van der Waals surface area (Å²) in [5.41, 5.74) is 7.87. The van der Waals surface area contributed by atoms with Crippen molar-refractivity contribution in [2.45, 2.75) is 38.5 Å². The molecule has 2 heteroatoms. The van der Waals surface area contributed by atoms with Crippen LogP contribution in [0.3, 0.4) is 0 Å². The minimum Gasteiger partial charge on any atom is -0.264 e. The fraction of sp³-hybridized carbons (Fsp3) is 0.259. The second-order valence-electron chi connectivity index (χ2n) is 8.37. The second kappa shape index (κ2) is 7.44. The van der Waals surface area contributed by atoms with Crippen molar-refractivity contribution >= 4 is 10.8 Å². The lowest BCUT2D eigenvalue weighted by Gasteiger charge is -2.14. The van der Waals surface area contributed by atoms with Gasteiger partial charge in [0.2, 0.25) is 5.69 Å². The molecule has 2 nitrogen and oxygen atoms in total. The molecule has 0 N–H and O–H groups in total. The molecular weight excluding hydrogens is 352 g/mol. The lowest BCUT2D eigenvalue weighted by Crippen LogP contribution is -2.30. The molecule has 0 radical (unpaired) electrons. The molecule has 0 bridgehead atoms. The van der Waals surface area contributed by atoms with Gasteiger partial charge in [0, 0.05) is 29.6 Å². The van der Waals surface area contributed by atoms with E-state index in [0.29, 0.717) is 0 Å². The normalized spacial score (nSPS) is 14.6. The summed E-state index contributed by atoms with van der Waals surface area (Å²) in [4.78, 5) is 4.28. The van der Waals surface area contributed by atoms with Gasteiger partial charge in [-0.2, -0.15) is 0 Å². The molecule has 5 rings (SSSR count). The van der Waals surface area contributed by atoms with Crippen LogP contribution in [-0.2, 0) is 7.05 Å². The number of nitrogens with zero attached hydrogens (tertiary/aromatic N) is 2. The van der Waals surface area contributed by atoms with E-state index in [2.05, 4.69) is 78.3 Å². The van der Waals surface area contributed by atoms with Gasteiger partial charge in [-0.15, -0.1) is 0 Å². The fourth-order valence-electron chi connectivity index (χ4n) is 4.83. The van der Waals surface area contributed by atoms with Crippen molar-refractivity contribution in [2.75, 3.05) is 0 Å². The number of aromatic nitrogens is 2. The van der Waals surface area contributed by atoms with Crippen LogP contribution in [-0.4, -0.2) is 4.98 Å². The molecule has 2 aromatic carbocycles. The van der Waals surface area contributed by atoms with Gasteiger partial charge in [-0.05, 0) is 72.0 Å². The van der Waals surface area contributed by atoms with Crippen molar-refractivity contribution in [3.8, 4) is 22.4 Å². The highest BCUT2D eigenvalue weighted by Gasteiger charge is 2.22. The molecule has 0 amide bonds. The molecule has 0 unspecified atom stereocenters. The fourth-order valence-corrected chi connectivity index (χ4v) is 4.83. The molecule has 1 saturated carbocycles. The monoisotopic (exact) mass is 379 g/mol. The summed E-state index contributed by atoms with van der Waals surface area (Å²) in [5.74, 6) is 0.729. The molecule has 1 fully saturated rings. The first-order valence-electron chi connectivity index (χ1n) is 10.6. The van der Waals surface area contributed by atoms with Gasteiger partial charge in [0.15, 0.2) is 6.20 Å². The van der Waals surface area contributed by atoms with E-state index in [1.54, 1.807) is 0 Å². The highest BCUT2D eigenvalue weighted by molar-refractivity contribution is 5.96. The molecular formula is C27H27N2+. The highest BCUT2D eigenvalue weighted by Crippen LogP contribution is 2.37. The first kappa shape index (κ1) is 18.1. The number of fused-ring (bicyclic) bond motifs is 1. The van der Waals surface area contributed by atoms with Crippen molar-refractivity contribution in [2.24, 2.45) is 7.05 Å². The van der Waals surface area contributed by atoms with Crippen molar-refractivity contribution < 1.29 is 4.57 Å². The summed E-state index contributed by atoms with van der Waals surface area (Å²) in [6.45, 7) is 2.23. The van der Waals surface area contributed by atoms with E-state index >= 15 is 0 Å². The first-order valence-corrected chi connectivity index (χ1v) is 10.6. The third-order valence-corrected chi connectivity index (χ3v) is 6.48. The van der Waals surface area contributed by atoms with Crippen LogP contribution >= 0.6 is 0 Å². The number of hydrogen-bond donors (Lipinski definition) is 0. The predicted octanol–water partition coefficient (Wildman–Crippen LogP) is 6.36. The molecule has 144 valence electrons. The SMILES string of the molecule is Cc1ccc(C2CCCC2)cc1-c1c2ccc(-c3cccnc3)cc2cc[n+]1C. The number of rotatable bonds is 3. The van der Waals surface area contributed by atoms with Gasteiger partial charge < -0.3 is 0 Å². The third-order valence-electron chi connectivity index (χ3n) is 6.48. The van der Waals surface area contributed by atoms with Gasteiger partial charge in [0.25, 0.3) is 0 Å². The Hall–Kier alpha value is -3.00. The van der Waals surface area contributed by atoms with Gasteiger partial charge >= 0.3 is 0 Å². The Morgan fingerprint density at radius 1 is 0.931 bits per heavy atom. The van der Waals surface area contributed by atoms with Crippen molar-refractivity contribution in [1.29, 1.82) is 0 Å². The molecule has 2 aromatic heterocycles. The average Bonchev–Trinajstić information content (AvgIpc) is 3.30. The standard InChI is InChI=1S/C27H27N2/c1-19-9-10-22(20-6-3-4-7-20)17-26(19)27-25-12-11-21(24-8-5-14-28-18-24)16-23(25)13-15-29(27)2/h5,8-18,20H,3-4,6-7H2,1-2H3/q+1. The van der Waals surface area contributed by atoms with E-state index in [0.717, 1.165) is 11.5 Å². The van der Waals surface area contributed by atoms with Crippen LogP contribution in [0.4, 0.5) is 0 Å². The maximum atomic E-state index is 4.28. The van der Waals surface area contributed by atoms with E-state index in [9.17, 15) is 0 Å². The number of aryl methyl sites for hydroxylation is 2. The van der Waals surface area contributed by atoms with E-state index in [-0.39, 0.29) is 0 Å². The number of benzene rings is 2. The Morgan fingerprint density at radius 2 is 1.79 bits per heavy atom. The van der Waals surface area contributed by atoms with E-state index < -0.39 is 0 Å². The van der Waals surface area contributed by atoms with Gasteiger partial charge in [-0.1, -0.05) is 37.1 Å². The van der Waals surface area contributed by atoms with Crippen LogP contribution in [0.1, 0.15) is 42.7 Å². The maximum absolute atomic E-state index is 4.28. The summed E-state index contributed by atoms with van der Waals surface area (Å²) in [5, 5.41) is 2.57. The Labute approximate surface area is 172 Å². The van der Waals surface area contributed by atoms with Gasteiger partial charge in [0.1, 0.15) is 7.05 Å². The third kappa shape index (κ3) is 3.33. The predicted molar refractivity (Wildman–Crippen MR) is 120 cm³/mol. The van der Waals surface area contributed by atoms with Gasteiger partial charge in [-0.25, -0.2) is 4.57 Å².